The predicted molar refractivity (Wildman–Crippen MR) is 103 cm³/mol. The normalized spacial score (nSPS) is 23.6. The topological polar surface area (TPSA) is 59.3 Å². The van der Waals surface area contributed by atoms with Crippen LogP contribution in [0.4, 0.5) is 5.95 Å². The van der Waals surface area contributed by atoms with E-state index in [1.165, 1.54) is 19.4 Å². The van der Waals surface area contributed by atoms with Gasteiger partial charge in [-0.1, -0.05) is 0 Å². The van der Waals surface area contributed by atoms with E-state index in [4.69, 9.17) is 4.74 Å². The number of aryl methyl sites for hydroxylation is 1. The van der Waals surface area contributed by atoms with Crippen molar-refractivity contribution in [1.29, 1.82) is 0 Å². The van der Waals surface area contributed by atoms with Crippen LogP contribution in [-0.2, 0) is 17.7 Å². The van der Waals surface area contributed by atoms with E-state index in [1.807, 2.05) is 6.92 Å². The minimum atomic E-state index is 0.449. The lowest BCUT2D eigenvalue weighted by Crippen LogP contribution is -2.55. The Morgan fingerprint density at radius 2 is 2.19 bits per heavy atom. The van der Waals surface area contributed by atoms with Gasteiger partial charge in [0.25, 0.3) is 0 Å². The number of rotatable bonds is 6. The van der Waals surface area contributed by atoms with Crippen LogP contribution >= 0.6 is 11.3 Å². The molecule has 2 aromatic rings. The standard InChI is InChI=1S/C18H28N6OS/c1-13-12-26-17(19-13)9-16-20-21-18(23(16)7-8-25-3)24-11-15-5-4-6-22(15)10-14(24)2/h12,14-15H,4-11H2,1-3H3. The summed E-state index contributed by atoms with van der Waals surface area (Å²) in [7, 11) is 1.74. The highest BCUT2D eigenvalue weighted by molar-refractivity contribution is 7.09. The molecule has 0 radical (unpaired) electrons. The van der Waals surface area contributed by atoms with Crippen LogP contribution in [0.15, 0.2) is 5.38 Å². The zero-order valence-corrected chi connectivity index (χ0v) is 16.7. The third-order valence-electron chi connectivity index (χ3n) is 5.50. The van der Waals surface area contributed by atoms with Crippen LogP contribution in [0.2, 0.25) is 0 Å². The molecule has 2 unspecified atom stereocenters. The van der Waals surface area contributed by atoms with Gasteiger partial charge >= 0.3 is 0 Å². The van der Waals surface area contributed by atoms with E-state index >= 15 is 0 Å². The molecule has 2 saturated heterocycles. The Balaban J connectivity index is 1.60. The summed E-state index contributed by atoms with van der Waals surface area (Å²) < 4.78 is 7.58. The fourth-order valence-corrected chi connectivity index (χ4v) is 4.93. The highest BCUT2D eigenvalue weighted by Crippen LogP contribution is 2.28. The van der Waals surface area contributed by atoms with Gasteiger partial charge in [0.2, 0.25) is 5.95 Å². The number of nitrogens with zero attached hydrogens (tertiary/aromatic N) is 6. The van der Waals surface area contributed by atoms with Crippen molar-refractivity contribution in [3.05, 3.63) is 21.9 Å². The minimum absolute atomic E-state index is 0.449. The third-order valence-corrected chi connectivity index (χ3v) is 6.46. The lowest BCUT2D eigenvalue weighted by Gasteiger charge is -2.42. The van der Waals surface area contributed by atoms with Crippen molar-refractivity contribution >= 4 is 17.3 Å². The summed E-state index contributed by atoms with van der Waals surface area (Å²) in [6.45, 7) is 9.17. The molecule has 0 N–H and O–H groups in total. The van der Waals surface area contributed by atoms with Crippen LogP contribution < -0.4 is 4.90 Å². The van der Waals surface area contributed by atoms with Gasteiger partial charge in [0.15, 0.2) is 0 Å². The van der Waals surface area contributed by atoms with Gasteiger partial charge in [-0.25, -0.2) is 4.98 Å². The molecule has 2 atom stereocenters. The van der Waals surface area contributed by atoms with E-state index in [0.29, 0.717) is 18.7 Å². The van der Waals surface area contributed by atoms with Gasteiger partial charge in [-0.3, -0.25) is 9.47 Å². The second-order valence-electron chi connectivity index (χ2n) is 7.41. The first-order chi connectivity index (χ1) is 12.7. The molecule has 7 nitrogen and oxygen atoms in total. The molecule has 142 valence electrons. The van der Waals surface area contributed by atoms with E-state index in [0.717, 1.165) is 48.5 Å². The van der Waals surface area contributed by atoms with Crippen LogP contribution in [0.5, 0.6) is 0 Å². The Kier molecular flexibility index (Phi) is 5.24. The smallest absolute Gasteiger partial charge is 0.227 e. The number of ether oxygens (including phenoxy) is 1. The number of hydrogen-bond acceptors (Lipinski definition) is 7. The molecule has 0 aromatic carbocycles. The average Bonchev–Trinajstić information content (AvgIpc) is 3.33. The van der Waals surface area contributed by atoms with Gasteiger partial charge in [0.1, 0.15) is 10.8 Å². The summed E-state index contributed by atoms with van der Waals surface area (Å²) in [5, 5.41) is 12.3. The van der Waals surface area contributed by atoms with Crippen molar-refractivity contribution in [1.82, 2.24) is 24.6 Å². The maximum Gasteiger partial charge on any atom is 0.227 e. The van der Waals surface area contributed by atoms with Crippen LogP contribution in [0.25, 0.3) is 0 Å². The van der Waals surface area contributed by atoms with Crippen molar-refractivity contribution < 1.29 is 4.74 Å². The molecule has 4 rings (SSSR count). The number of methoxy groups -OCH3 is 1. The number of anilines is 1. The largest absolute Gasteiger partial charge is 0.383 e. The molecule has 0 spiro atoms. The molecular formula is C18H28N6OS. The Morgan fingerprint density at radius 3 is 2.96 bits per heavy atom. The van der Waals surface area contributed by atoms with Crippen molar-refractivity contribution in [2.75, 3.05) is 38.3 Å². The second-order valence-corrected chi connectivity index (χ2v) is 8.36. The summed E-state index contributed by atoms with van der Waals surface area (Å²) in [5.41, 5.74) is 1.07. The fourth-order valence-electron chi connectivity index (χ4n) is 4.17. The number of aromatic nitrogens is 4. The van der Waals surface area contributed by atoms with Crippen LogP contribution in [0, 0.1) is 6.92 Å². The maximum atomic E-state index is 5.35. The first-order valence-electron chi connectivity index (χ1n) is 9.48. The molecule has 8 heteroatoms. The summed E-state index contributed by atoms with van der Waals surface area (Å²) >= 11 is 1.69. The van der Waals surface area contributed by atoms with Crippen molar-refractivity contribution in [3.8, 4) is 0 Å². The highest BCUT2D eigenvalue weighted by Gasteiger charge is 2.36. The molecule has 0 amide bonds. The Labute approximate surface area is 159 Å². The SMILES string of the molecule is COCCn1c(Cc2nc(C)cs2)nnc1N1CC2CCCN2CC1C. The van der Waals surface area contributed by atoms with Gasteiger partial charge in [0.05, 0.1) is 19.6 Å². The van der Waals surface area contributed by atoms with Crippen LogP contribution in [0.3, 0.4) is 0 Å². The molecule has 0 bridgehead atoms. The van der Waals surface area contributed by atoms with Gasteiger partial charge < -0.3 is 9.64 Å². The monoisotopic (exact) mass is 376 g/mol. The Hall–Kier alpha value is -1.51. The lowest BCUT2D eigenvalue weighted by atomic mass is 10.1. The van der Waals surface area contributed by atoms with Crippen molar-refractivity contribution in [3.63, 3.8) is 0 Å². The molecule has 2 aliphatic heterocycles. The van der Waals surface area contributed by atoms with Crippen molar-refractivity contribution in [2.45, 2.75) is 51.7 Å². The van der Waals surface area contributed by atoms with Crippen LogP contribution in [-0.4, -0.2) is 70.1 Å². The number of piperazine rings is 1. The Morgan fingerprint density at radius 1 is 1.31 bits per heavy atom. The summed E-state index contributed by atoms with van der Waals surface area (Å²) in [5.74, 6) is 1.97. The zero-order chi connectivity index (χ0) is 18.1. The second kappa shape index (κ2) is 7.62. The van der Waals surface area contributed by atoms with E-state index in [-0.39, 0.29) is 0 Å². The molecule has 0 aliphatic carbocycles. The molecule has 2 aliphatic rings. The van der Waals surface area contributed by atoms with Gasteiger partial charge in [-0.05, 0) is 33.2 Å². The summed E-state index contributed by atoms with van der Waals surface area (Å²) in [6.07, 6.45) is 3.34. The first-order valence-corrected chi connectivity index (χ1v) is 10.4. The molecular weight excluding hydrogens is 348 g/mol. The van der Waals surface area contributed by atoms with Gasteiger partial charge in [-0.15, -0.1) is 21.5 Å². The van der Waals surface area contributed by atoms with Crippen molar-refractivity contribution in [2.24, 2.45) is 0 Å². The lowest BCUT2D eigenvalue weighted by molar-refractivity contribution is 0.183. The number of fused-ring (bicyclic) bond motifs is 1. The van der Waals surface area contributed by atoms with E-state index in [9.17, 15) is 0 Å². The fraction of sp³-hybridized carbons (Fsp3) is 0.722. The van der Waals surface area contributed by atoms with E-state index < -0.39 is 0 Å². The minimum Gasteiger partial charge on any atom is -0.383 e. The zero-order valence-electron chi connectivity index (χ0n) is 15.9. The molecule has 2 aromatic heterocycles. The van der Waals surface area contributed by atoms with E-state index in [1.54, 1.807) is 18.4 Å². The van der Waals surface area contributed by atoms with Gasteiger partial charge in [-0.2, -0.15) is 0 Å². The number of hydrogen-bond donors (Lipinski definition) is 0. The third kappa shape index (κ3) is 3.50. The predicted octanol–water partition coefficient (Wildman–Crippen LogP) is 1.95. The van der Waals surface area contributed by atoms with E-state index in [2.05, 4.69) is 41.9 Å². The number of thiazole rings is 1. The maximum absolute atomic E-state index is 5.35. The first kappa shape index (κ1) is 17.9. The molecule has 0 saturated carbocycles. The van der Waals surface area contributed by atoms with Crippen LogP contribution in [0.1, 0.15) is 36.3 Å². The summed E-state index contributed by atoms with van der Waals surface area (Å²) in [6, 6.07) is 1.11. The average molecular weight is 377 g/mol. The highest BCUT2D eigenvalue weighted by atomic mass is 32.1. The molecule has 26 heavy (non-hydrogen) atoms. The Bertz CT molecular complexity index is 744. The molecule has 2 fully saturated rings. The molecule has 4 heterocycles. The summed E-state index contributed by atoms with van der Waals surface area (Å²) in [4.78, 5) is 9.68. The quantitative estimate of drug-likeness (QED) is 0.768. The van der Waals surface area contributed by atoms with Gasteiger partial charge in [0, 0.05) is 43.4 Å².